The summed E-state index contributed by atoms with van der Waals surface area (Å²) in [6.45, 7) is 4.56. The third kappa shape index (κ3) is 14.4. The Morgan fingerprint density at radius 1 is 0.556 bits per heavy atom. The average molecular weight is 273 g/mol. The Bertz CT molecular complexity index is 145. The van der Waals surface area contributed by atoms with Gasteiger partial charge in [-0.05, 0) is 12.8 Å². The van der Waals surface area contributed by atoms with Crippen LogP contribution in [0.2, 0.25) is 0 Å². The molecule has 0 aromatic rings. The van der Waals surface area contributed by atoms with Crippen LogP contribution >= 0.6 is 12.6 Å². The topological polar surface area (TPSA) is 0 Å². The molecular weight excluding hydrogens is 236 g/mol. The molecular formula is C17H36S. The summed E-state index contributed by atoms with van der Waals surface area (Å²) in [5.74, 6) is 0. The number of thiol groups is 1. The van der Waals surface area contributed by atoms with E-state index in [1.54, 1.807) is 0 Å². The highest BCUT2D eigenvalue weighted by Crippen LogP contribution is 2.17. The van der Waals surface area contributed by atoms with E-state index in [1.165, 1.54) is 89.9 Å². The van der Waals surface area contributed by atoms with Gasteiger partial charge in [-0.3, -0.25) is 0 Å². The van der Waals surface area contributed by atoms with Crippen LogP contribution in [-0.4, -0.2) is 5.25 Å². The fourth-order valence-electron chi connectivity index (χ4n) is 2.46. The molecule has 0 nitrogen and oxygen atoms in total. The van der Waals surface area contributed by atoms with Crippen LogP contribution in [0.1, 0.15) is 104 Å². The molecule has 1 atom stereocenters. The number of hydrogen-bond acceptors (Lipinski definition) is 1. The Morgan fingerprint density at radius 2 is 0.889 bits per heavy atom. The Kier molecular flexibility index (Phi) is 15.7. The molecule has 0 rings (SSSR count). The number of rotatable bonds is 14. The van der Waals surface area contributed by atoms with Gasteiger partial charge in [0.2, 0.25) is 0 Å². The second kappa shape index (κ2) is 15.4. The zero-order valence-electron chi connectivity index (χ0n) is 12.9. The molecule has 1 heteroatoms. The van der Waals surface area contributed by atoms with Gasteiger partial charge in [0.05, 0.1) is 0 Å². The lowest BCUT2D eigenvalue weighted by atomic mass is 10.0. The first-order valence-electron chi connectivity index (χ1n) is 8.49. The molecule has 110 valence electrons. The van der Waals surface area contributed by atoms with Crippen LogP contribution in [0.15, 0.2) is 0 Å². The number of hydrogen-bond donors (Lipinski definition) is 1. The standard InChI is InChI=1S/C17H36S/c1-3-5-7-9-10-11-12-14-16-17(18)15-13-8-6-4-2/h17-18H,3-16H2,1-2H3. The molecule has 0 amide bonds. The summed E-state index contributed by atoms with van der Waals surface area (Å²) < 4.78 is 0. The first-order valence-corrected chi connectivity index (χ1v) is 9.01. The Balaban J connectivity index is 3.08. The summed E-state index contributed by atoms with van der Waals surface area (Å²) in [5, 5.41) is 0.668. The third-order valence-electron chi connectivity index (χ3n) is 3.78. The lowest BCUT2D eigenvalue weighted by molar-refractivity contribution is 0.542. The van der Waals surface area contributed by atoms with Gasteiger partial charge < -0.3 is 0 Å². The fourth-order valence-corrected chi connectivity index (χ4v) is 2.83. The molecule has 0 saturated heterocycles. The summed E-state index contributed by atoms with van der Waals surface area (Å²) >= 11 is 4.70. The van der Waals surface area contributed by atoms with Crippen molar-refractivity contribution in [1.29, 1.82) is 0 Å². The van der Waals surface area contributed by atoms with Crippen molar-refractivity contribution in [3.05, 3.63) is 0 Å². The summed E-state index contributed by atoms with van der Waals surface area (Å²) in [6, 6.07) is 0. The molecule has 0 bridgehead atoms. The lowest BCUT2D eigenvalue weighted by Gasteiger charge is -2.10. The maximum absolute atomic E-state index is 4.70. The van der Waals surface area contributed by atoms with Gasteiger partial charge in [0.15, 0.2) is 0 Å². The van der Waals surface area contributed by atoms with Crippen LogP contribution in [0.3, 0.4) is 0 Å². The molecule has 0 fully saturated rings. The molecule has 0 aromatic heterocycles. The molecule has 0 aliphatic rings. The first-order chi connectivity index (χ1) is 8.81. The molecule has 0 aliphatic heterocycles. The fraction of sp³-hybridized carbons (Fsp3) is 1.00. The van der Waals surface area contributed by atoms with Gasteiger partial charge in [-0.25, -0.2) is 0 Å². The molecule has 0 spiro atoms. The van der Waals surface area contributed by atoms with Gasteiger partial charge in [-0.1, -0.05) is 90.9 Å². The van der Waals surface area contributed by atoms with Gasteiger partial charge in [-0.2, -0.15) is 12.6 Å². The first kappa shape index (κ1) is 18.4. The van der Waals surface area contributed by atoms with Crippen LogP contribution in [0.25, 0.3) is 0 Å². The number of unbranched alkanes of at least 4 members (excludes halogenated alkanes) is 10. The normalized spacial score (nSPS) is 12.8. The van der Waals surface area contributed by atoms with Crippen molar-refractivity contribution in [1.82, 2.24) is 0 Å². The van der Waals surface area contributed by atoms with Crippen LogP contribution in [0.4, 0.5) is 0 Å². The Morgan fingerprint density at radius 3 is 1.33 bits per heavy atom. The van der Waals surface area contributed by atoms with E-state index in [-0.39, 0.29) is 0 Å². The smallest absolute Gasteiger partial charge is 0.00168 e. The van der Waals surface area contributed by atoms with E-state index >= 15 is 0 Å². The molecule has 0 N–H and O–H groups in total. The maximum Gasteiger partial charge on any atom is 0.00168 e. The molecule has 0 aromatic carbocycles. The van der Waals surface area contributed by atoms with Gasteiger partial charge in [0.1, 0.15) is 0 Å². The van der Waals surface area contributed by atoms with E-state index in [0.717, 1.165) is 0 Å². The van der Waals surface area contributed by atoms with Crippen molar-refractivity contribution >= 4 is 12.6 Å². The molecule has 0 saturated carbocycles. The molecule has 1 unspecified atom stereocenters. The van der Waals surface area contributed by atoms with E-state index in [9.17, 15) is 0 Å². The van der Waals surface area contributed by atoms with Crippen molar-refractivity contribution in [2.24, 2.45) is 0 Å². The Hall–Kier alpha value is 0.350. The highest BCUT2D eigenvalue weighted by molar-refractivity contribution is 7.80. The maximum atomic E-state index is 4.70. The average Bonchev–Trinajstić information content (AvgIpc) is 2.38. The van der Waals surface area contributed by atoms with E-state index < -0.39 is 0 Å². The largest absolute Gasteiger partial charge is 0.176 e. The van der Waals surface area contributed by atoms with Crippen molar-refractivity contribution in [2.45, 2.75) is 109 Å². The van der Waals surface area contributed by atoms with Crippen molar-refractivity contribution in [2.75, 3.05) is 0 Å². The van der Waals surface area contributed by atoms with E-state index in [0.29, 0.717) is 5.25 Å². The van der Waals surface area contributed by atoms with Gasteiger partial charge in [-0.15, -0.1) is 0 Å². The Labute approximate surface area is 122 Å². The molecule has 0 aliphatic carbocycles. The summed E-state index contributed by atoms with van der Waals surface area (Å²) in [5.41, 5.74) is 0. The second-order valence-electron chi connectivity index (χ2n) is 5.77. The van der Waals surface area contributed by atoms with Crippen LogP contribution in [0.5, 0.6) is 0 Å². The second-order valence-corrected chi connectivity index (χ2v) is 6.50. The zero-order valence-corrected chi connectivity index (χ0v) is 13.8. The predicted octanol–water partition coefficient (Wildman–Crippen LogP) is 6.79. The van der Waals surface area contributed by atoms with Crippen LogP contribution < -0.4 is 0 Å². The van der Waals surface area contributed by atoms with Crippen LogP contribution in [-0.2, 0) is 0 Å². The highest BCUT2D eigenvalue weighted by Gasteiger charge is 2.02. The van der Waals surface area contributed by atoms with E-state index in [1.807, 2.05) is 0 Å². The minimum absolute atomic E-state index is 0.668. The predicted molar refractivity (Wildman–Crippen MR) is 88.8 cm³/mol. The minimum atomic E-state index is 0.668. The zero-order chi connectivity index (χ0) is 13.5. The molecule has 0 radical (unpaired) electrons. The van der Waals surface area contributed by atoms with Gasteiger partial charge >= 0.3 is 0 Å². The molecule has 0 heterocycles. The lowest BCUT2D eigenvalue weighted by Crippen LogP contribution is -1.98. The van der Waals surface area contributed by atoms with Crippen LogP contribution in [0, 0.1) is 0 Å². The molecule has 18 heavy (non-hydrogen) atoms. The SMILES string of the molecule is CCCCCCCCCCC(S)CCCCCC. The monoisotopic (exact) mass is 272 g/mol. The van der Waals surface area contributed by atoms with Gasteiger partial charge in [0.25, 0.3) is 0 Å². The summed E-state index contributed by atoms with van der Waals surface area (Å²) in [6.07, 6.45) is 19.6. The minimum Gasteiger partial charge on any atom is -0.176 e. The summed E-state index contributed by atoms with van der Waals surface area (Å²) in [7, 11) is 0. The summed E-state index contributed by atoms with van der Waals surface area (Å²) in [4.78, 5) is 0. The quantitative estimate of drug-likeness (QED) is 0.261. The highest BCUT2D eigenvalue weighted by atomic mass is 32.1. The van der Waals surface area contributed by atoms with Crippen molar-refractivity contribution in [3.63, 3.8) is 0 Å². The van der Waals surface area contributed by atoms with Gasteiger partial charge in [0, 0.05) is 5.25 Å². The van der Waals surface area contributed by atoms with Crippen molar-refractivity contribution < 1.29 is 0 Å². The third-order valence-corrected chi connectivity index (χ3v) is 4.30. The van der Waals surface area contributed by atoms with E-state index in [2.05, 4.69) is 13.8 Å². The van der Waals surface area contributed by atoms with Crippen molar-refractivity contribution in [3.8, 4) is 0 Å². The van der Waals surface area contributed by atoms with E-state index in [4.69, 9.17) is 12.6 Å².